The number of hydrogen-bond acceptors (Lipinski definition) is 2. The van der Waals surface area contributed by atoms with Gasteiger partial charge in [0.1, 0.15) is 11.4 Å². The predicted molar refractivity (Wildman–Crippen MR) is 86.9 cm³/mol. The molecule has 1 fully saturated rings. The van der Waals surface area contributed by atoms with Crippen LogP contribution in [-0.4, -0.2) is 16.3 Å². The van der Waals surface area contributed by atoms with E-state index in [1.807, 2.05) is 19.9 Å². The SMILES string of the molecule is CC(C)(O)C(C)(C)Oc1ccc(C2CC2)c2ccccc12. The Labute approximate surface area is 126 Å². The van der Waals surface area contributed by atoms with Gasteiger partial charge in [-0.1, -0.05) is 30.3 Å². The van der Waals surface area contributed by atoms with E-state index in [0.717, 1.165) is 11.1 Å². The second-order valence-corrected chi connectivity index (χ2v) is 7.14. The maximum Gasteiger partial charge on any atom is 0.131 e. The monoisotopic (exact) mass is 284 g/mol. The molecule has 0 bridgehead atoms. The first-order valence-corrected chi connectivity index (χ1v) is 7.73. The van der Waals surface area contributed by atoms with Gasteiger partial charge in [0.05, 0.1) is 5.60 Å². The van der Waals surface area contributed by atoms with Gasteiger partial charge >= 0.3 is 0 Å². The van der Waals surface area contributed by atoms with Crippen LogP contribution in [0.2, 0.25) is 0 Å². The summed E-state index contributed by atoms with van der Waals surface area (Å²) in [6.45, 7) is 7.43. The van der Waals surface area contributed by atoms with Gasteiger partial charge in [-0.3, -0.25) is 0 Å². The Morgan fingerprint density at radius 2 is 1.57 bits per heavy atom. The van der Waals surface area contributed by atoms with Gasteiger partial charge in [0.15, 0.2) is 0 Å². The van der Waals surface area contributed by atoms with Crippen molar-refractivity contribution >= 4 is 10.8 Å². The molecular formula is C19H24O2. The fraction of sp³-hybridized carbons (Fsp3) is 0.474. The van der Waals surface area contributed by atoms with Crippen LogP contribution >= 0.6 is 0 Å². The predicted octanol–water partition coefficient (Wildman–Crippen LogP) is 4.65. The molecule has 2 heteroatoms. The van der Waals surface area contributed by atoms with Crippen molar-refractivity contribution in [3.8, 4) is 5.75 Å². The van der Waals surface area contributed by atoms with E-state index in [9.17, 15) is 5.11 Å². The highest BCUT2D eigenvalue weighted by Gasteiger charge is 2.38. The summed E-state index contributed by atoms with van der Waals surface area (Å²) < 4.78 is 6.18. The van der Waals surface area contributed by atoms with Crippen molar-refractivity contribution in [1.29, 1.82) is 0 Å². The third-order valence-electron chi connectivity index (χ3n) is 4.77. The van der Waals surface area contributed by atoms with E-state index in [1.165, 1.54) is 23.8 Å². The number of rotatable bonds is 4. The zero-order valence-electron chi connectivity index (χ0n) is 13.3. The standard InChI is InChI=1S/C19H24O2/c1-18(2,20)19(3,4)21-17-12-11-14(13-9-10-13)15-7-5-6-8-16(15)17/h5-8,11-13,20H,9-10H2,1-4H3. The van der Waals surface area contributed by atoms with Crippen molar-refractivity contribution in [1.82, 2.24) is 0 Å². The Morgan fingerprint density at radius 1 is 0.952 bits per heavy atom. The summed E-state index contributed by atoms with van der Waals surface area (Å²) >= 11 is 0. The Balaban J connectivity index is 2.06. The summed E-state index contributed by atoms with van der Waals surface area (Å²) in [5.41, 5.74) is -0.140. The second-order valence-electron chi connectivity index (χ2n) is 7.14. The highest BCUT2D eigenvalue weighted by Crippen LogP contribution is 2.45. The van der Waals surface area contributed by atoms with E-state index in [1.54, 1.807) is 13.8 Å². The van der Waals surface area contributed by atoms with Gasteiger partial charge in [-0.25, -0.2) is 0 Å². The number of ether oxygens (including phenoxy) is 1. The smallest absolute Gasteiger partial charge is 0.131 e. The van der Waals surface area contributed by atoms with Crippen molar-refractivity contribution in [2.24, 2.45) is 0 Å². The average Bonchev–Trinajstić information content (AvgIpc) is 3.22. The molecule has 0 aromatic heterocycles. The first-order chi connectivity index (χ1) is 9.79. The first-order valence-electron chi connectivity index (χ1n) is 7.73. The van der Waals surface area contributed by atoms with Crippen LogP contribution in [0.4, 0.5) is 0 Å². The molecule has 1 aliphatic carbocycles. The molecule has 0 unspecified atom stereocenters. The van der Waals surface area contributed by atoms with Gasteiger partial charge in [-0.2, -0.15) is 0 Å². The van der Waals surface area contributed by atoms with Gasteiger partial charge in [0.25, 0.3) is 0 Å². The van der Waals surface area contributed by atoms with Gasteiger partial charge in [-0.15, -0.1) is 0 Å². The summed E-state index contributed by atoms with van der Waals surface area (Å²) in [6.07, 6.45) is 2.58. The van der Waals surface area contributed by atoms with Crippen LogP contribution in [-0.2, 0) is 0 Å². The molecule has 21 heavy (non-hydrogen) atoms. The topological polar surface area (TPSA) is 29.5 Å². The lowest BCUT2D eigenvalue weighted by molar-refractivity contribution is -0.0900. The fourth-order valence-electron chi connectivity index (χ4n) is 2.53. The molecule has 0 spiro atoms. The van der Waals surface area contributed by atoms with Crippen LogP contribution in [0.3, 0.4) is 0 Å². The minimum atomic E-state index is -0.913. The minimum Gasteiger partial charge on any atom is -0.484 e. The van der Waals surface area contributed by atoms with E-state index < -0.39 is 11.2 Å². The fourth-order valence-corrected chi connectivity index (χ4v) is 2.53. The number of aliphatic hydroxyl groups is 1. The third-order valence-corrected chi connectivity index (χ3v) is 4.77. The van der Waals surface area contributed by atoms with Gasteiger partial charge in [0, 0.05) is 5.39 Å². The van der Waals surface area contributed by atoms with E-state index in [2.05, 4.69) is 30.3 Å². The Kier molecular flexibility index (Phi) is 3.25. The summed E-state index contributed by atoms with van der Waals surface area (Å²) in [6, 6.07) is 12.7. The molecule has 0 aliphatic heterocycles. The molecular weight excluding hydrogens is 260 g/mol. The molecule has 0 heterocycles. The Hall–Kier alpha value is -1.54. The second kappa shape index (κ2) is 4.74. The van der Waals surface area contributed by atoms with E-state index in [0.29, 0.717) is 5.92 Å². The highest BCUT2D eigenvalue weighted by molar-refractivity contribution is 5.91. The maximum atomic E-state index is 10.3. The Bertz CT molecular complexity index is 661. The summed E-state index contributed by atoms with van der Waals surface area (Å²) in [4.78, 5) is 0. The summed E-state index contributed by atoms with van der Waals surface area (Å²) in [7, 11) is 0. The molecule has 112 valence electrons. The molecule has 3 rings (SSSR count). The van der Waals surface area contributed by atoms with Crippen LogP contribution in [0.1, 0.15) is 52.0 Å². The quantitative estimate of drug-likeness (QED) is 0.886. The Morgan fingerprint density at radius 3 is 2.14 bits per heavy atom. The van der Waals surface area contributed by atoms with Crippen LogP contribution in [0.15, 0.2) is 36.4 Å². The maximum absolute atomic E-state index is 10.3. The molecule has 2 aromatic rings. The van der Waals surface area contributed by atoms with Gasteiger partial charge < -0.3 is 9.84 Å². The van der Waals surface area contributed by atoms with E-state index in [-0.39, 0.29) is 0 Å². The van der Waals surface area contributed by atoms with Crippen molar-refractivity contribution in [3.05, 3.63) is 42.0 Å². The lowest BCUT2D eigenvalue weighted by Crippen LogP contribution is -2.49. The zero-order chi connectivity index (χ0) is 15.3. The molecule has 0 atom stereocenters. The van der Waals surface area contributed by atoms with E-state index >= 15 is 0 Å². The molecule has 1 N–H and O–H groups in total. The lowest BCUT2D eigenvalue weighted by Gasteiger charge is -2.37. The van der Waals surface area contributed by atoms with Gasteiger partial charge in [-0.05, 0) is 63.5 Å². The van der Waals surface area contributed by atoms with Gasteiger partial charge in [0.2, 0.25) is 0 Å². The molecule has 2 aromatic carbocycles. The highest BCUT2D eigenvalue weighted by atomic mass is 16.5. The molecule has 0 saturated heterocycles. The molecule has 1 aliphatic rings. The molecule has 1 saturated carbocycles. The van der Waals surface area contributed by atoms with Crippen molar-refractivity contribution in [3.63, 3.8) is 0 Å². The van der Waals surface area contributed by atoms with Crippen molar-refractivity contribution in [2.75, 3.05) is 0 Å². The average molecular weight is 284 g/mol. The summed E-state index contributed by atoms with van der Waals surface area (Å²) in [5.74, 6) is 1.56. The zero-order valence-corrected chi connectivity index (χ0v) is 13.3. The first kappa shape index (κ1) is 14.4. The lowest BCUT2D eigenvalue weighted by atomic mass is 9.89. The van der Waals surface area contributed by atoms with E-state index in [4.69, 9.17) is 4.74 Å². The normalized spacial score (nSPS) is 16.2. The largest absolute Gasteiger partial charge is 0.484 e. The molecule has 0 radical (unpaired) electrons. The van der Waals surface area contributed by atoms with Crippen LogP contribution in [0.5, 0.6) is 5.75 Å². The van der Waals surface area contributed by atoms with Crippen molar-refractivity contribution < 1.29 is 9.84 Å². The van der Waals surface area contributed by atoms with Crippen LogP contribution in [0, 0.1) is 0 Å². The third kappa shape index (κ3) is 2.65. The molecule has 2 nitrogen and oxygen atoms in total. The van der Waals surface area contributed by atoms with Crippen molar-refractivity contribution in [2.45, 2.75) is 57.7 Å². The minimum absolute atomic E-state index is 0.656. The number of fused-ring (bicyclic) bond motifs is 1. The number of benzene rings is 2. The summed E-state index contributed by atoms with van der Waals surface area (Å²) in [5, 5.41) is 12.7. The van der Waals surface area contributed by atoms with Crippen LogP contribution < -0.4 is 4.74 Å². The molecule has 0 amide bonds. The van der Waals surface area contributed by atoms with Crippen LogP contribution in [0.25, 0.3) is 10.8 Å². The number of hydrogen-bond donors (Lipinski definition) is 1.